The first kappa shape index (κ1) is 17.0. The average molecular weight is 268 g/mol. The van der Waals surface area contributed by atoms with Gasteiger partial charge in [-0.05, 0) is 51.6 Å². The number of hydrogen-bond acceptors (Lipinski definition) is 2. The van der Waals surface area contributed by atoms with E-state index in [1.165, 1.54) is 45.1 Å². The molecule has 2 nitrogen and oxygen atoms in total. The highest BCUT2D eigenvalue weighted by Gasteiger charge is 2.36. The summed E-state index contributed by atoms with van der Waals surface area (Å²) in [4.78, 5) is 2.47. The van der Waals surface area contributed by atoms with Crippen LogP contribution in [0.4, 0.5) is 0 Å². The minimum Gasteiger partial charge on any atom is -0.312 e. The van der Waals surface area contributed by atoms with E-state index in [-0.39, 0.29) is 0 Å². The van der Waals surface area contributed by atoms with Crippen molar-refractivity contribution in [3.63, 3.8) is 0 Å². The molecule has 0 atom stereocenters. The SMILES string of the molecule is CC(C)CC(CC(C)C)NCC1(N(C)C)CCCC1. The van der Waals surface area contributed by atoms with Crippen LogP contribution >= 0.6 is 0 Å². The van der Waals surface area contributed by atoms with Gasteiger partial charge in [0.25, 0.3) is 0 Å². The molecule has 1 N–H and O–H groups in total. The van der Waals surface area contributed by atoms with Crippen LogP contribution in [-0.2, 0) is 0 Å². The predicted octanol–water partition coefficient (Wildman–Crippen LogP) is 3.91. The molecular weight excluding hydrogens is 232 g/mol. The van der Waals surface area contributed by atoms with E-state index < -0.39 is 0 Å². The van der Waals surface area contributed by atoms with Crippen molar-refractivity contribution in [2.24, 2.45) is 11.8 Å². The first-order valence-electron chi connectivity index (χ1n) is 8.26. The van der Waals surface area contributed by atoms with Gasteiger partial charge in [0.2, 0.25) is 0 Å². The number of nitrogens with one attached hydrogen (secondary N) is 1. The lowest BCUT2D eigenvalue weighted by molar-refractivity contribution is 0.145. The first-order chi connectivity index (χ1) is 8.85. The molecule has 0 radical (unpaired) electrons. The van der Waals surface area contributed by atoms with Crippen LogP contribution in [0.2, 0.25) is 0 Å². The Labute approximate surface area is 121 Å². The van der Waals surface area contributed by atoms with Gasteiger partial charge in [0, 0.05) is 18.1 Å². The molecule has 1 fully saturated rings. The van der Waals surface area contributed by atoms with Crippen molar-refractivity contribution in [3.05, 3.63) is 0 Å². The molecule has 1 aliphatic rings. The molecule has 0 aromatic heterocycles. The van der Waals surface area contributed by atoms with Crippen molar-refractivity contribution in [2.45, 2.75) is 77.8 Å². The van der Waals surface area contributed by atoms with Crippen LogP contribution in [0.5, 0.6) is 0 Å². The standard InChI is InChI=1S/C17H36N2/c1-14(2)11-16(12-15(3)4)18-13-17(19(5)6)9-7-8-10-17/h14-16,18H,7-13H2,1-6H3. The van der Waals surface area contributed by atoms with Crippen LogP contribution < -0.4 is 5.32 Å². The Balaban J connectivity index is 2.53. The van der Waals surface area contributed by atoms with Crippen molar-refractivity contribution >= 4 is 0 Å². The zero-order chi connectivity index (χ0) is 14.5. The fraction of sp³-hybridized carbons (Fsp3) is 1.00. The molecule has 1 saturated carbocycles. The zero-order valence-corrected chi connectivity index (χ0v) is 14.1. The van der Waals surface area contributed by atoms with E-state index in [0.29, 0.717) is 11.6 Å². The van der Waals surface area contributed by atoms with Crippen LogP contribution in [0.1, 0.15) is 66.2 Å². The summed E-state index contributed by atoms with van der Waals surface area (Å²) in [6.45, 7) is 10.5. The van der Waals surface area contributed by atoms with Crippen LogP contribution in [0.15, 0.2) is 0 Å². The lowest BCUT2D eigenvalue weighted by Gasteiger charge is -2.38. The van der Waals surface area contributed by atoms with Crippen LogP contribution in [0.25, 0.3) is 0 Å². The normalized spacial score (nSPS) is 19.3. The fourth-order valence-electron chi connectivity index (χ4n) is 3.55. The van der Waals surface area contributed by atoms with Gasteiger partial charge < -0.3 is 10.2 Å². The number of nitrogens with zero attached hydrogens (tertiary/aromatic N) is 1. The minimum absolute atomic E-state index is 0.423. The average Bonchev–Trinajstić information content (AvgIpc) is 2.74. The van der Waals surface area contributed by atoms with E-state index >= 15 is 0 Å². The summed E-state index contributed by atoms with van der Waals surface area (Å²) in [6.07, 6.45) is 8.15. The highest BCUT2D eigenvalue weighted by Crippen LogP contribution is 2.33. The summed E-state index contributed by atoms with van der Waals surface area (Å²) in [5.41, 5.74) is 0.423. The predicted molar refractivity (Wildman–Crippen MR) is 85.6 cm³/mol. The van der Waals surface area contributed by atoms with E-state index in [9.17, 15) is 0 Å². The second-order valence-corrected chi connectivity index (χ2v) is 7.66. The lowest BCUT2D eigenvalue weighted by atomic mass is 9.92. The molecule has 0 aliphatic heterocycles. The third-order valence-electron chi connectivity index (χ3n) is 4.71. The smallest absolute Gasteiger partial charge is 0.0327 e. The second kappa shape index (κ2) is 7.64. The largest absolute Gasteiger partial charge is 0.312 e. The molecule has 0 aromatic rings. The molecule has 0 unspecified atom stereocenters. The molecular formula is C17H36N2. The molecule has 0 aromatic carbocycles. The topological polar surface area (TPSA) is 15.3 Å². The molecule has 2 heteroatoms. The number of rotatable bonds is 8. The van der Waals surface area contributed by atoms with Gasteiger partial charge in [0.1, 0.15) is 0 Å². The summed E-state index contributed by atoms with van der Waals surface area (Å²) >= 11 is 0. The Bertz CT molecular complexity index is 230. The molecule has 0 amide bonds. The summed E-state index contributed by atoms with van der Waals surface area (Å²) in [5.74, 6) is 1.57. The van der Waals surface area contributed by atoms with Crippen LogP contribution in [0.3, 0.4) is 0 Å². The van der Waals surface area contributed by atoms with Gasteiger partial charge >= 0.3 is 0 Å². The van der Waals surface area contributed by atoms with E-state index in [2.05, 4.69) is 52.0 Å². The first-order valence-corrected chi connectivity index (χ1v) is 8.26. The maximum absolute atomic E-state index is 3.90. The molecule has 19 heavy (non-hydrogen) atoms. The van der Waals surface area contributed by atoms with Crippen LogP contribution in [0, 0.1) is 11.8 Å². The molecule has 0 bridgehead atoms. The van der Waals surface area contributed by atoms with Gasteiger partial charge in [-0.3, -0.25) is 0 Å². The minimum atomic E-state index is 0.423. The Hall–Kier alpha value is -0.0800. The third kappa shape index (κ3) is 5.43. The van der Waals surface area contributed by atoms with Crippen molar-refractivity contribution in [3.8, 4) is 0 Å². The summed E-state index contributed by atoms with van der Waals surface area (Å²) in [6, 6.07) is 0.692. The highest BCUT2D eigenvalue weighted by atomic mass is 15.2. The summed E-state index contributed by atoms with van der Waals surface area (Å²) < 4.78 is 0. The summed E-state index contributed by atoms with van der Waals surface area (Å²) in [5, 5.41) is 3.90. The van der Waals surface area contributed by atoms with E-state index in [0.717, 1.165) is 11.8 Å². The number of hydrogen-bond donors (Lipinski definition) is 1. The summed E-state index contributed by atoms with van der Waals surface area (Å²) in [7, 11) is 4.51. The maximum Gasteiger partial charge on any atom is 0.0327 e. The highest BCUT2D eigenvalue weighted by molar-refractivity contribution is 4.95. The van der Waals surface area contributed by atoms with Crippen LogP contribution in [-0.4, -0.2) is 37.1 Å². The van der Waals surface area contributed by atoms with Crippen molar-refractivity contribution in [1.29, 1.82) is 0 Å². The quantitative estimate of drug-likeness (QED) is 0.718. The van der Waals surface area contributed by atoms with Crippen molar-refractivity contribution in [2.75, 3.05) is 20.6 Å². The Morgan fingerprint density at radius 1 is 0.947 bits per heavy atom. The van der Waals surface area contributed by atoms with Crippen molar-refractivity contribution in [1.82, 2.24) is 10.2 Å². The monoisotopic (exact) mass is 268 g/mol. The molecule has 0 spiro atoms. The molecule has 1 rings (SSSR count). The lowest BCUT2D eigenvalue weighted by Crippen LogP contribution is -2.52. The maximum atomic E-state index is 3.90. The molecule has 0 saturated heterocycles. The van der Waals surface area contributed by atoms with Gasteiger partial charge in [-0.2, -0.15) is 0 Å². The zero-order valence-electron chi connectivity index (χ0n) is 14.1. The van der Waals surface area contributed by atoms with E-state index in [1.54, 1.807) is 0 Å². The fourth-order valence-corrected chi connectivity index (χ4v) is 3.55. The number of likely N-dealkylation sites (N-methyl/N-ethyl adjacent to an activating group) is 1. The molecule has 114 valence electrons. The Morgan fingerprint density at radius 2 is 1.42 bits per heavy atom. The van der Waals surface area contributed by atoms with Gasteiger partial charge in [-0.1, -0.05) is 40.5 Å². The van der Waals surface area contributed by atoms with Gasteiger partial charge in [0.05, 0.1) is 0 Å². The van der Waals surface area contributed by atoms with Gasteiger partial charge in [-0.15, -0.1) is 0 Å². The van der Waals surface area contributed by atoms with Crippen molar-refractivity contribution < 1.29 is 0 Å². The second-order valence-electron chi connectivity index (χ2n) is 7.66. The van der Waals surface area contributed by atoms with Gasteiger partial charge in [-0.25, -0.2) is 0 Å². The molecule has 0 heterocycles. The molecule has 1 aliphatic carbocycles. The van der Waals surface area contributed by atoms with E-state index in [4.69, 9.17) is 0 Å². The van der Waals surface area contributed by atoms with Gasteiger partial charge in [0.15, 0.2) is 0 Å². The Kier molecular flexibility index (Phi) is 6.82. The Morgan fingerprint density at radius 3 is 1.79 bits per heavy atom. The third-order valence-corrected chi connectivity index (χ3v) is 4.71. The van der Waals surface area contributed by atoms with E-state index in [1.807, 2.05) is 0 Å².